The molecule has 0 amide bonds. The first-order chi connectivity index (χ1) is 17.7. The maximum atomic E-state index is 9.31. The lowest BCUT2D eigenvalue weighted by Gasteiger charge is -2.36. The molecule has 6 nitrogen and oxygen atoms in total. The van der Waals surface area contributed by atoms with Crippen LogP contribution in [0.2, 0.25) is 0 Å². The zero-order valence-electron chi connectivity index (χ0n) is 20.5. The molecular formula is C29H31N5OS. The van der Waals surface area contributed by atoms with Gasteiger partial charge in [0.1, 0.15) is 5.69 Å². The number of rotatable bonds is 7. The molecule has 2 aromatic heterocycles. The molecule has 0 aliphatic carbocycles. The smallest absolute Gasteiger partial charge is 0.113 e. The van der Waals surface area contributed by atoms with E-state index < -0.39 is 0 Å². The lowest BCUT2D eigenvalue weighted by molar-refractivity contribution is 0.105. The van der Waals surface area contributed by atoms with E-state index in [1.807, 2.05) is 16.0 Å². The minimum Gasteiger partial charge on any atom is -0.395 e. The molecule has 3 aromatic carbocycles. The Hall–Kier alpha value is -3.10. The Bertz CT molecular complexity index is 1470. The molecule has 3 heterocycles. The molecule has 6 rings (SSSR count). The highest BCUT2D eigenvalue weighted by atomic mass is 32.1. The highest BCUT2D eigenvalue weighted by Crippen LogP contribution is 2.36. The lowest BCUT2D eigenvalue weighted by atomic mass is 10.0. The number of hydrogen-bond acceptors (Lipinski definition) is 6. The summed E-state index contributed by atoms with van der Waals surface area (Å²) in [5.74, 6) is 0. The molecular weight excluding hydrogens is 466 g/mol. The third-order valence-electron chi connectivity index (χ3n) is 7.27. The van der Waals surface area contributed by atoms with Gasteiger partial charge in [-0.1, -0.05) is 59.3 Å². The Balaban J connectivity index is 1.35. The van der Waals surface area contributed by atoms with Gasteiger partial charge in [0.25, 0.3) is 0 Å². The van der Waals surface area contributed by atoms with Gasteiger partial charge >= 0.3 is 0 Å². The van der Waals surface area contributed by atoms with E-state index in [9.17, 15) is 5.11 Å². The zero-order chi connectivity index (χ0) is 24.5. The molecule has 1 N–H and O–H groups in total. The van der Waals surface area contributed by atoms with Crippen molar-refractivity contribution in [1.29, 1.82) is 0 Å². The summed E-state index contributed by atoms with van der Waals surface area (Å²) in [5.41, 5.74) is 4.47. The van der Waals surface area contributed by atoms with Crippen molar-refractivity contribution in [3.05, 3.63) is 84.1 Å². The van der Waals surface area contributed by atoms with Crippen LogP contribution in [0.5, 0.6) is 0 Å². The molecule has 7 heteroatoms. The van der Waals surface area contributed by atoms with Crippen LogP contribution in [0.25, 0.3) is 31.4 Å². The van der Waals surface area contributed by atoms with Crippen molar-refractivity contribution in [2.75, 3.05) is 45.9 Å². The average molecular weight is 498 g/mol. The van der Waals surface area contributed by atoms with Crippen molar-refractivity contribution in [1.82, 2.24) is 24.8 Å². The summed E-state index contributed by atoms with van der Waals surface area (Å²) < 4.78 is 4.68. The van der Waals surface area contributed by atoms with Gasteiger partial charge in [0.2, 0.25) is 0 Å². The van der Waals surface area contributed by atoms with Crippen LogP contribution in [0.15, 0.2) is 72.9 Å². The van der Waals surface area contributed by atoms with Gasteiger partial charge in [0, 0.05) is 65.0 Å². The maximum absolute atomic E-state index is 9.31. The molecule has 0 radical (unpaired) electrons. The number of aryl methyl sites for hydroxylation is 1. The van der Waals surface area contributed by atoms with Gasteiger partial charge in [-0.2, -0.15) is 0 Å². The van der Waals surface area contributed by atoms with Crippen molar-refractivity contribution in [2.24, 2.45) is 0 Å². The Morgan fingerprint density at radius 2 is 1.64 bits per heavy atom. The number of β-amino-alcohol motifs (C(OH)–C–C–N with tert-alkyl or cyclic N) is 1. The molecule has 1 aliphatic rings. The number of benzene rings is 3. The number of thiophene rings is 1. The number of aromatic nitrogens is 3. The second kappa shape index (κ2) is 10.1. The minimum absolute atomic E-state index is 0.0594. The summed E-state index contributed by atoms with van der Waals surface area (Å²) in [6, 6.07) is 24.1. The van der Waals surface area contributed by atoms with Crippen LogP contribution in [0.1, 0.15) is 17.2 Å². The van der Waals surface area contributed by atoms with Gasteiger partial charge in [-0.25, -0.2) is 4.68 Å². The first-order valence-electron chi connectivity index (χ1n) is 12.6. The van der Waals surface area contributed by atoms with Crippen LogP contribution >= 0.6 is 11.3 Å². The molecule has 5 aromatic rings. The lowest BCUT2D eigenvalue weighted by Crippen LogP contribution is -2.48. The SMILES string of the molecule is Cc1ccc(-c2cn(C(CN3CCN(CCO)CC3)c3ccc4sc5ccccc5c4c3)nn2)cc1. The third-order valence-corrected chi connectivity index (χ3v) is 8.43. The Kier molecular flexibility index (Phi) is 6.54. The predicted molar refractivity (Wildman–Crippen MR) is 148 cm³/mol. The molecule has 1 atom stereocenters. The van der Waals surface area contributed by atoms with Crippen molar-refractivity contribution in [3.8, 4) is 11.3 Å². The summed E-state index contributed by atoms with van der Waals surface area (Å²) in [6.07, 6.45) is 2.09. The molecule has 0 spiro atoms. The topological polar surface area (TPSA) is 57.4 Å². The van der Waals surface area contributed by atoms with Gasteiger partial charge in [-0.05, 0) is 30.7 Å². The fraction of sp³-hybridized carbons (Fsp3) is 0.310. The van der Waals surface area contributed by atoms with Crippen LogP contribution < -0.4 is 0 Å². The monoisotopic (exact) mass is 497 g/mol. The quantitative estimate of drug-likeness (QED) is 0.349. The Morgan fingerprint density at radius 1 is 0.889 bits per heavy atom. The molecule has 0 saturated carbocycles. The van der Waals surface area contributed by atoms with Crippen molar-refractivity contribution in [3.63, 3.8) is 0 Å². The Morgan fingerprint density at radius 3 is 2.44 bits per heavy atom. The second-order valence-electron chi connectivity index (χ2n) is 9.69. The van der Waals surface area contributed by atoms with Gasteiger partial charge in [0.15, 0.2) is 0 Å². The number of hydrogen-bond donors (Lipinski definition) is 1. The number of aliphatic hydroxyl groups is 1. The molecule has 0 bridgehead atoms. The van der Waals surface area contributed by atoms with E-state index in [2.05, 4.69) is 100.0 Å². The summed E-state index contributed by atoms with van der Waals surface area (Å²) in [5, 5.41) is 21.1. The number of aliphatic hydroxyl groups excluding tert-OH is 1. The summed E-state index contributed by atoms with van der Waals surface area (Å²) in [7, 11) is 0. The van der Waals surface area contributed by atoms with Crippen molar-refractivity contribution >= 4 is 31.5 Å². The number of piperazine rings is 1. The highest BCUT2D eigenvalue weighted by Gasteiger charge is 2.24. The van der Waals surface area contributed by atoms with E-state index >= 15 is 0 Å². The van der Waals surface area contributed by atoms with Crippen LogP contribution in [-0.4, -0.2) is 75.8 Å². The van der Waals surface area contributed by atoms with E-state index in [0.717, 1.165) is 50.5 Å². The van der Waals surface area contributed by atoms with Gasteiger partial charge in [-0.3, -0.25) is 9.80 Å². The van der Waals surface area contributed by atoms with Gasteiger partial charge in [-0.15, -0.1) is 16.4 Å². The normalized spacial score (nSPS) is 16.2. The first-order valence-corrected chi connectivity index (χ1v) is 13.5. The largest absolute Gasteiger partial charge is 0.395 e. The van der Waals surface area contributed by atoms with E-state index in [1.165, 1.54) is 31.3 Å². The van der Waals surface area contributed by atoms with Crippen LogP contribution in [0.4, 0.5) is 0 Å². The number of fused-ring (bicyclic) bond motifs is 3. The summed E-state index contributed by atoms with van der Waals surface area (Å²) in [4.78, 5) is 4.85. The molecule has 1 unspecified atom stereocenters. The van der Waals surface area contributed by atoms with Crippen molar-refractivity contribution < 1.29 is 5.11 Å². The van der Waals surface area contributed by atoms with Gasteiger partial charge in [0.05, 0.1) is 18.8 Å². The van der Waals surface area contributed by atoms with Crippen LogP contribution in [0.3, 0.4) is 0 Å². The molecule has 1 aliphatic heterocycles. The molecule has 1 saturated heterocycles. The standard InChI is InChI=1S/C29H31N5OS/c1-21-6-8-22(9-7-21)26-19-34(31-30-26)27(20-33-14-12-32(13-15-33)16-17-35)23-10-11-29-25(18-23)24-4-2-3-5-28(24)36-29/h2-11,18-19,27,35H,12-17,20H2,1H3. The van der Waals surface area contributed by atoms with Gasteiger partial charge < -0.3 is 5.11 Å². The van der Waals surface area contributed by atoms with Crippen LogP contribution in [-0.2, 0) is 0 Å². The minimum atomic E-state index is 0.0594. The molecule has 184 valence electrons. The summed E-state index contributed by atoms with van der Waals surface area (Å²) >= 11 is 1.85. The third kappa shape index (κ3) is 4.67. The maximum Gasteiger partial charge on any atom is 0.113 e. The van der Waals surface area contributed by atoms with Crippen molar-refractivity contribution in [2.45, 2.75) is 13.0 Å². The fourth-order valence-corrected chi connectivity index (χ4v) is 6.25. The van der Waals surface area contributed by atoms with E-state index in [1.54, 1.807) is 0 Å². The molecule has 36 heavy (non-hydrogen) atoms. The predicted octanol–water partition coefficient (Wildman–Crippen LogP) is 4.82. The fourth-order valence-electron chi connectivity index (χ4n) is 5.16. The highest BCUT2D eigenvalue weighted by molar-refractivity contribution is 7.25. The molecule has 1 fully saturated rings. The summed E-state index contributed by atoms with van der Waals surface area (Å²) in [6.45, 7) is 7.87. The average Bonchev–Trinajstić information content (AvgIpc) is 3.54. The Labute approximate surface area is 215 Å². The zero-order valence-corrected chi connectivity index (χ0v) is 21.4. The van der Waals surface area contributed by atoms with Crippen LogP contribution in [0, 0.1) is 6.92 Å². The first kappa shape index (κ1) is 23.3. The van der Waals surface area contributed by atoms with E-state index in [4.69, 9.17) is 0 Å². The van der Waals surface area contributed by atoms with E-state index in [0.29, 0.717) is 0 Å². The van der Waals surface area contributed by atoms with E-state index in [-0.39, 0.29) is 12.6 Å². The number of nitrogens with zero attached hydrogens (tertiary/aromatic N) is 5. The second-order valence-corrected chi connectivity index (χ2v) is 10.8.